The highest BCUT2D eigenvalue weighted by molar-refractivity contribution is 5.25. The Morgan fingerprint density at radius 2 is 1.50 bits per heavy atom. The quantitative estimate of drug-likeness (QED) is 0.925. The molecule has 0 aliphatic rings. The Hall–Kier alpha value is -1.17. The van der Waals surface area contributed by atoms with Gasteiger partial charge in [0.1, 0.15) is 12.2 Å². The number of hydrogen-bond donors (Lipinski definition) is 1. The van der Waals surface area contributed by atoms with Crippen molar-refractivity contribution in [3.05, 3.63) is 22.8 Å². The Morgan fingerprint density at radius 1 is 1.00 bits per heavy atom. The highest BCUT2D eigenvalue weighted by atomic mass is 19.4. The van der Waals surface area contributed by atoms with Crippen LogP contribution in [-0.4, -0.2) is 28.2 Å². The zero-order valence-corrected chi connectivity index (χ0v) is 12.6. The molecule has 0 bridgehead atoms. The van der Waals surface area contributed by atoms with E-state index in [2.05, 4.69) is 36.1 Å². The summed E-state index contributed by atoms with van der Waals surface area (Å²) in [5.74, 6) is -0.153. The molecule has 6 heteroatoms. The van der Waals surface area contributed by atoms with Gasteiger partial charge in [0, 0.05) is 16.9 Å². The van der Waals surface area contributed by atoms with Gasteiger partial charge in [0.05, 0.1) is 0 Å². The van der Waals surface area contributed by atoms with Crippen molar-refractivity contribution in [1.82, 2.24) is 15.3 Å². The molecule has 1 aromatic rings. The highest BCUT2D eigenvalue weighted by Gasteiger charge is 2.29. The van der Waals surface area contributed by atoms with Crippen molar-refractivity contribution in [1.29, 1.82) is 0 Å². The molecule has 20 heavy (non-hydrogen) atoms. The standard InChI is InChI=1S/C14H22F3N3/c1-9-11(6-7-18-13(3,4)5)10(2)20-12(19-9)8-14(15,16)17/h18H,6-8H2,1-5H3. The Kier molecular flexibility index (Phi) is 5.13. The van der Waals surface area contributed by atoms with Crippen LogP contribution < -0.4 is 5.32 Å². The van der Waals surface area contributed by atoms with E-state index < -0.39 is 12.6 Å². The summed E-state index contributed by atoms with van der Waals surface area (Å²) in [7, 11) is 0. The fourth-order valence-corrected chi connectivity index (χ4v) is 1.99. The molecule has 0 unspecified atom stereocenters. The molecule has 3 nitrogen and oxygen atoms in total. The van der Waals surface area contributed by atoms with Crippen molar-refractivity contribution >= 4 is 0 Å². The summed E-state index contributed by atoms with van der Waals surface area (Å²) in [6.07, 6.45) is -4.63. The lowest BCUT2D eigenvalue weighted by Gasteiger charge is -2.21. The molecule has 0 atom stereocenters. The maximum absolute atomic E-state index is 12.3. The number of aromatic nitrogens is 2. The normalized spacial score (nSPS) is 12.8. The van der Waals surface area contributed by atoms with Gasteiger partial charge >= 0.3 is 6.18 Å². The number of hydrogen-bond acceptors (Lipinski definition) is 3. The summed E-state index contributed by atoms with van der Waals surface area (Å²) in [4.78, 5) is 7.95. The molecule has 0 aromatic carbocycles. The van der Waals surface area contributed by atoms with Crippen LogP contribution in [0.3, 0.4) is 0 Å². The zero-order valence-electron chi connectivity index (χ0n) is 12.6. The van der Waals surface area contributed by atoms with Crippen molar-refractivity contribution in [3.63, 3.8) is 0 Å². The van der Waals surface area contributed by atoms with E-state index in [-0.39, 0.29) is 11.4 Å². The predicted octanol–water partition coefficient (Wildman–Crippen LogP) is 3.13. The SMILES string of the molecule is Cc1nc(CC(F)(F)F)nc(C)c1CCNC(C)(C)C. The topological polar surface area (TPSA) is 37.8 Å². The summed E-state index contributed by atoms with van der Waals surface area (Å²) >= 11 is 0. The first-order valence-corrected chi connectivity index (χ1v) is 6.63. The molecule has 0 aliphatic heterocycles. The Morgan fingerprint density at radius 3 is 1.90 bits per heavy atom. The molecular weight excluding hydrogens is 267 g/mol. The maximum atomic E-state index is 12.3. The van der Waals surface area contributed by atoms with Gasteiger partial charge in [-0.2, -0.15) is 13.2 Å². The van der Waals surface area contributed by atoms with Crippen LogP contribution >= 0.6 is 0 Å². The van der Waals surface area contributed by atoms with Crippen LogP contribution in [0.15, 0.2) is 0 Å². The molecular formula is C14H22F3N3. The Bertz CT molecular complexity index is 439. The molecule has 0 spiro atoms. The molecule has 114 valence electrons. The lowest BCUT2D eigenvalue weighted by Crippen LogP contribution is -2.37. The van der Waals surface area contributed by atoms with Crippen LogP contribution in [0.5, 0.6) is 0 Å². The maximum Gasteiger partial charge on any atom is 0.396 e. The average molecular weight is 289 g/mol. The first-order chi connectivity index (χ1) is 8.98. The summed E-state index contributed by atoms with van der Waals surface area (Å²) < 4.78 is 37.0. The molecule has 0 radical (unpaired) electrons. The van der Waals surface area contributed by atoms with Crippen LogP contribution in [0.25, 0.3) is 0 Å². The highest BCUT2D eigenvalue weighted by Crippen LogP contribution is 2.21. The number of rotatable bonds is 4. The van der Waals surface area contributed by atoms with E-state index in [0.29, 0.717) is 17.8 Å². The van der Waals surface area contributed by atoms with Crippen LogP contribution in [0.2, 0.25) is 0 Å². The summed E-state index contributed by atoms with van der Waals surface area (Å²) in [6, 6.07) is 0. The molecule has 1 rings (SSSR count). The second-order valence-electron chi connectivity index (χ2n) is 6.01. The first-order valence-electron chi connectivity index (χ1n) is 6.63. The van der Waals surface area contributed by atoms with Gasteiger partial charge in [-0.15, -0.1) is 0 Å². The Balaban J connectivity index is 2.79. The average Bonchev–Trinajstić information content (AvgIpc) is 2.17. The minimum Gasteiger partial charge on any atom is -0.312 e. The van der Waals surface area contributed by atoms with E-state index in [1.165, 1.54) is 0 Å². The van der Waals surface area contributed by atoms with Crippen molar-refractivity contribution in [3.8, 4) is 0 Å². The van der Waals surface area contributed by atoms with Crippen molar-refractivity contribution < 1.29 is 13.2 Å². The molecule has 0 fully saturated rings. The van der Waals surface area contributed by atoms with Gasteiger partial charge in [-0.3, -0.25) is 0 Å². The second kappa shape index (κ2) is 6.08. The number of halogens is 3. The van der Waals surface area contributed by atoms with E-state index >= 15 is 0 Å². The molecule has 0 amide bonds. The van der Waals surface area contributed by atoms with Crippen molar-refractivity contribution in [2.75, 3.05) is 6.54 Å². The molecule has 1 heterocycles. The van der Waals surface area contributed by atoms with Gasteiger partial charge in [0.2, 0.25) is 0 Å². The third-order valence-corrected chi connectivity index (χ3v) is 2.86. The van der Waals surface area contributed by atoms with Gasteiger partial charge in [0.25, 0.3) is 0 Å². The summed E-state index contributed by atoms with van der Waals surface area (Å²) in [5.41, 5.74) is 2.20. The lowest BCUT2D eigenvalue weighted by atomic mass is 10.1. The van der Waals surface area contributed by atoms with Gasteiger partial charge in [0.15, 0.2) is 0 Å². The predicted molar refractivity (Wildman–Crippen MR) is 72.7 cm³/mol. The molecule has 0 saturated heterocycles. The van der Waals surface area contributed by atoms with E-state index in [4.69, 9.17) is 0 Å². The third-order valence-electron chi connectivity index (χ3n) is 2.86. The van der Waals surface area contributed by atoms with Gasteiger partial charge in [-0.05, 0) is 53.1 Å². The van der Waals surface area contributed by atoms with E-state index in [9.17, 15) is 13.2 Å². The smallest absolute Gasteiger partial charge is 0.312 e. The van der Waals surface area contributed by atoms with E-state index in [1.54, 1.807) is 13.8 Å². The van der Waals surface area contributed by atoms with Gasteiger partial charge < -0.3 is 5.32 Å². The van der Waals surface area contributed by atoms with Crippen LogP contribution in [-0.2, 0) is 12.8 Å². The minimum absolute atomic E-state index is 0.0128. The first kappa shape index (κ1) is 16.9. The Labute approximate surface area is 118 Å². The fraction of sp³-hybridized carbons (Fsp3) is 0.714. The second-order valence-corrected chi connectivity index (χ2v) is 6.01. The molecule has 1 aromatic heterocycles. The monoisotopic (exact) mass is 289 g/mol. The fourth-order valence-electron chi connectivity index (χ4n) is 1.99. The summed E-state index contributed by atoms with van der Waals surface area (Å²) in [6.45, 7) is 10.4. The molecule has 1 N–H and O–H groups in total. The number of alkyl halides is 3. The van der Waals surface area contributed by atoms with Gasteiger partial charge in [-0.25, -0.2) is 9.97 Å². The number of aryl methyl sites for hydroxylation is 2. The zero-order chi connectivity index (χ0) is 15.6. The van der Waals surface area contributed by atoms with Crippen LogP contribution in [0.1, 0.15) is 43.5 Å². The summed E-state index contributed by atoms with van der Waals surface area (Å²) in [5, 5.41) is 3.34. The van der Waals surface area contributed by atoms with Crippen molar-refractivity contribution in [2.45, 2.75) is 59.2 Å². The van der Waals surface area contributed by atoms with Crippen LogP contribution in [0, 0.1) is 13.8 Å². The van der Waals surface area contributed by atoms with Gasteiger partial charge in [-0.1, -0.05) is 0 Å². The van der Waals surface area contributed by atoms with E-state index in [0.717, 1.165) is 12.1 Å². The number of nitrogens with zero attached hydrogens (tertiary/aromatic N) is 2. The molecule has 0 saturated carbocycles. The van der Waals surface area contributed by atoms with Crippen molar-refractivity contribution in [2.24, 2.45) is 0 Å². The third kappa shape index (κ3) is 5.86. The number of nitrogens with one attached hydrogen (secondary N) is 1. The minimum atomic E-state index is -4.27. The van der Waals surface area contributed by atoms with E-state index in [1.807, 2.05) is 0 Å². The lowest BCUT2D eigenvalue weighted by molar-refractivity contribution is -0.128. The van der Waals surface area contributed by atoms with Crippen LogP contribution in [0.4, 0.5) is 13.2 Å². The largest absolute Gasteiger partial charge is 0.396 e. The molecule has 0 aliphatic carbocycles.